The van der Waals surface area contributed by atoms with Gasteiger partial charge in [-0.1, -0.05) is 44.7 Å². The van der Waals surface area contributed by atoms with E-state index in [0.29, 0.717) is 16.9 Å². The Kier molecular flexibility index (Phi) is 4.69. The van der Waals surface area contributed by atoms with E-state index in [-0.39, 0.29) is 5.41 Å². The first kappa shape index (κ1) is 15.6. The Balaban J connectivity index is 2.30. The van der Waals surface area contributed by atoms with Gasteiger partial charge in [0, 0.05) is 6.07 Å². The van der Waals surface area contributed by atoms with E-state index in [2.05, 4.69) is 42.2 Å². The van der Waals surface area contributed by atoms with Gasteiger partial charge in [-0.2, -0.15) is 4.98 Å². The number of nitrogens with zero attached hydrogens (tertiary/aromatic N) is 2. The van der Waals surface area contributed by atoms with Gasteiger partial charge in [-0.25, -0.2) is 10.8 Å². The van der Waals surface area contributed by atoms with Crippen LogP contribution >= 0.6 is 11.8 Å². The van der Waals surface area contributed by atoms with Crippen molar-refractivity contribution in [1.82, 2.24) is 9.97 Å². The molecule has 0 spiro atoms. The number of hydrogen-bond donors (Lipinski definition) is 2. The molecule has 6 heteroatoms. The molecule has 0 atom stereocenters. The third-order valence-electron chi connectivity index (χ3n) is 2.94. The Hall–Kier alpha value is -1.79. The predicted molar refractivity (Wildman–Crippen MR) is 86.8 cm³/mol. The second kappa shape index (κ2) is 6.32. The van der Waals surface area contributed by atoms with E-state index < -0.39 is 0 Å². The summed E-state index contributed by atoms with van der Waals surface area (Å²) in [6, 6.07) is 9.67. The molecule has 0 aliphatic heterocycles. The minimum atomic E-state index is 0.0689. The number of nitrogens with one attached hydrogen (secondary N) is 1. The number of aromatic nitrogens is 2. The minimum absolute atomic E-state index is 0.0689. The van der Waals surface area contributed by atoms with Crippen LogP contribution in [0.1, 0.15) is 26.3 Å². The molecular formula is C15H20N4OS. The molecule has 3 N–H and O–H groups in total. The minimum Gasteiger partial charge on any atom is -0.439 e. The van der Waals surface area contributed by atoms with E-state index in [1.807, 2.05) is 24.5 Å². The normalized spacial score (nSPS) is 11.3. The summed E-state index contributed by atoms with van der Waals surface area (Å²) < 4.78 is 5.84. The van der Waals surface area contributed by atoms with E-state index in [1.54, 1.807) is 6.07 Å². The Morgan fingerprint density at radius 3 is 2.57 bits per heavy atom. The van der Waals surface area contributed by atoms with E-state index >= 15 is 0 Å². The van der Waals surface area contributed by atoms with Crippen LogP contribution in [0, 0.1) is 0 Å². The first-order valence-electron chi connectivity index (χ1n) is 6.60. The molecular weight excluding hydrogens is 284 g/mol. The van der Waals surface area contributed by atoms with Crippen molar-refractivity contribution in [3.8, 4) is 11.6 Å². The standard InChI is InChI=1S/C15H20N4OS/c1-15(2,3)10-6-5-7-11(8-10)20-13-9-12(19-16)17-14(18-13)21-4/h5-9H,16H2,1-4H3,(H,17,18,19). The second-order valence-corrected chi connectivity index (χ2v) is 6.38. The highest BCUT2D eigenvalue weighted by Crippen LogP contribution is 2.29. The largest absolute Gasteiger partial charge is 0.439 e. The van der Waals surface area contributed by atoms with E-state index in [1.165, 1.54) is 17.3 Å². The Bertz CT molecular complexity index is 603. The molecule has 0 aliphatic rings. The molecule has 0 bridgehead atoms. The van der Waals surface area contributed by atoms with E-state index in [0.717, 1.165) is 5.75 Å². The Labute approximate surface area is 129 Å². The molecule has 1 aromatic carbocycles. The molecule has 0 unspecified atom stereocenters. The van der Waals surface area contributed by atoms with Crippen molar-refractivity contribution in [2.24, 2.45) is 5.84 Å². The highest BCUT2D eigenvalue weighted by molar-refractivity contribution is 7.98. The monoisotopic (exact) mass is 304 g/mol. The van der Waals surface area contributed by atoms with Gasteiger partial charge in [0.05, 0.1) is 0 Å². The third-order valence-corrected chi connectivity index (χ3v) is 3.48. The van der Waals surface area contributed by atoms with Crippen LogP contribution in [-0.2, 0) is 5.41 Å². The number of ether oxygens (including phenoxy) is 1. The van der Waals surface area contributed by atoms with Crippen molar-refractivity contribution in [2.75, 3.05) is 11.7 Å². The zero-order chi connectivity index (χ0) is 15.5. The summed E-state index contributed by atoms with van der Waals surface area (Å²) in [4.78, 5) is 8.53. The van der Waals surface area contributed by atoms with Gasteiger partial charge in [0.15, 0.2) is 5.16 Å². The maximum Gasteiger partial charge on any atom is 0.225 e. The lowest BCUT2D eigenvalue weighted by atomic mass is 9.87. The number of anilines is 1. The van der Waals surface area contributed by atoms with Gasteiger partial charge in [-0.3, -0.25) is 0 Å². The molecule has 112 valence electrons. The number of hydrogen-bond acceptors (Lipinski definition) is 6. The fourth-order valence-electron chi connectivity index (χ4n) is 1.77. The molecule has 1 heterocycles. The van der Waals surface area contributed by atoms with E-state index in [4.69, 9.17) is 10.6 Å². The van der Waals surface area contributed by atoms with Gasteiger partial charge >= 0.3 is 0 Å². The van der Waals surface area contributed by atoms with Crippen LogP contribution in [0.5, 0.6) is 11.6 Å². The lowest BCUT2D eigenvalue weighted by Crippen LogP contribution is -2.11. The van der Waals surface area contributed by atoms with Gasteiger partial charge in [0.2, 0.25) is 5.88 Å². The number of thioether (sulfide) groups is 1. The molecule has 0 saturated carbocycles. The number of rotatable bonds is 4. The van der Waals surface area contributed by atoms with Crippen LogP contribution in [0.15, 0.2) is 35.5 Å². The summed E-state index contributed by atoms with van der Waals surface area (Å²) in [7, 11) is 0. The van der Waals surface area contributed by atoms with Gasteiger partial charge in [-0.15, -0.1) is 0 Å². The SMILES string of the molecule is CSc1nc(NN)cc(Oc2cccc(C(C)(C)C)c2)n1. The molecule has 0 aliphatic carbocycles. The zero-order valence-electron chi connectivity index (χ0n) is 12.7. The summed E-state index contributed by atoms with van der Waals surface area (Å²) >= 11 is 1.43. The lowest BCUT2D eigenvalue weighted by molar-refractivity contribution is 0.453. The highest BCUT2D eigenvalue weighted by atomic mass is 32.2. The van der Waals surface area contributed by atoms with Crippen molar-refractivity contribution in [3.05, 3.63) is 35.9 Å². The molecule has 1 aromatic heterocycles. The lowest BCUT2D eigenvalue weighted by Gasteiger charge is -2.19. The average molecular weight is 304 g/mol. The summed E-state index contributed by atoms with van der Waals surface area (Å²) in [6.45, 7) is 6.50. The molecule has 21 heavy (non-hydrogen) atoms. The smallest absolute Gasteiger partial charge is 0.225 e. The maximum absolute atomic E-state index is 5.84. The van der Waals surface area contributed by atoms with Crippen molar-refractivity contribution < 1.29 is 4.74 Å². The van der Waals surface area contributed by atoms with Gasteiger partial charge < -0.3 is 10.2 Å². The first-order valence-corrected chi connectivity index (χ1v) is 7.83. The molecule has 2 aromatic rings. The maximum atomic E-state index is 5.84. The van der Waals surface area contributed by atoms with Crippen molar-refractivity contribution >= 4 is 17.6 Å². The van der Waals surface area contributed by atoms with Crippen LogP contribution < -0.4 is 16.0 Å². The van der Waals surface area contributed by atoms with Crippen LogP contribution in [-0.4, -0.2) is 16.2 Å². The first-order chi connectivity index (χ1) is 9.92. The van der Waals surface area contributed by atoms with Crippen molar-refractivity contribution in [3.63, 3.8) is 0 Å². The number of nitrogen functional groups attached to an aromatic ring is 1. The fraction of sp³-hybridized carbons (Fsp3) is 0.333. The van der Waals surface area contributed by atoms with Gasteiger partial charge in [-0.05, 0) is 29.4 Å². The Morgan fingerprint density at radius 2 is 1.95 bits per heavy atom. The zero-order valence-corrected chi connectivity index (χ0v) is 13.5. The summed E-state index contributed by atoms with van der Waals surface area (Å²) in [5.41, 5.74) is 3.79. The molecule has 5 nitrogen and oxygen atoms in total. The van der Waals surface area contributed by atoms with Crippen molar-refractivity contribution in [2.45, 2.75) is 31.3 Å². The number of benzene rings is 1. The highest BCUT2D eigenvalue weighted by Gasteiger charge is 2.14. The molecule has 0 saturated heterocycles. The van der Waals surface area contributed by atoms with Gasteiger partial charge in [0.25, 0.3) is 0 Å². The fourth-order valence-corrected chi connectivity index (χ4v) is 2.14. The van der Waals surface area contributed by atoms with Crippen LogP contribution in [0.2, 0.25) is 0 Å². The number of hydrazine groups is 1. The van der Waals surface area contributed by atoms with Crippen LogP contribution in [0.3, 0.4) is 0 Å². The summed E-state index contributed by atoms with van der Waals surface area (Å²) in [5, 5.41) is 0.604. The van der Waals surface area contributed by atoms with Crippen LogP contribution in [0.25, 0.3) is 0 Å². The quantitative estimate of drug-likeness (QED) is 0.389. The Morgan fingerprint density at radius 1 is 1.19 bits per heavy atom. The average Bonchev–Trinajstić information content (AvgIpc) is 2.46. The molecule has 0 fully saturated rings. The predicted octanol–water partition coefficient (Wildman–Crippen LogP) is 3.57. The molecule has 0 amide bonds. The third kappa shape index (κ3) is 4.09. The van der Waals surface area contributed by atoms with E-state index in [9.17, 15) is 0 Å². The van der Waals surface area contributed by atoms with Crippen LogP contribution in [0.4, 0.5) is 5.82 Å². The summed E-state index contributed by atoms with van der Waals surface area (Å²) in [5.74, 6) is 7.15. The molecule has 2 rings (SSSR count). The number of nitrogens with two attached hydrogens (primary N) is 1. The van der Waals surface area contributed by atoms with Crippen molar-refractivity contribution in [1.29, 1.82) is 0 Å². The molecule has 0 radical (unpaired) electrons. The topological polar surface area (TPSA) is 73.1 Å². The second-order valence-electron chi connectivity index (χ2n) is 5.60. The van der Waals surface area contributed by atoms with Gasteiger partial charge in [0.1, 0.15) is 11.6 Å². The summed E-state index contributed by atoms with van der Waals surface area (Å²) in [6.07, 6.45) is 1.90.